The van der Waals surface area contributed by atoms with Crippen molar-refractivity contribution in [3.05, 3.63) is 23.9 Å². The molecule has 5 heteroatoms. The molecule has 0 bridgehead atoms. The molecule has 0 radical (unpaired) electrons. The molecule has 1 unspecified atom stereocenters. The zero-order valence-electron chi connectivity index (χ0n) is 10.0. The second-order valence-electron chi connectivity index (χ2n) is 4.29. The summed E-state index contributed by atoms with van der Waals surface area (Å²) in [6.45, 7) is 1.63. The van der Waals surface area contributed by atoms with Gasteiger partial charge in [0, 0.05) is 25.4 Å². The van der Waals surface area contributed by atoms with Crippen LogP contribution >= 0.6 is 0 Å². The van der Waals surface area contributed by atoms with Crippen molar-refractivity contribution in [3.63, 3.8) is 0 Å². The molecule has 17 heavy (non-hydrogen) atoms. The van der Waals surface area contributed by atoms with Gasteiger partial charge in [0.15, 0.2) is 0 Å². The summed E-state index contributed by atoms with van der Waals surface area (Å²) in [7, 11) is 1.68. The number of likely N-dealkylation sites (tertiary alicyclic amines) is 1. The number of hydrogen-bond donors (Lipinski definition) is 2. The summed E-state index contributed by atoms with van der Waals surface area (Å²) in [6.07, 6.45) is 3.65. The largest absolute Gasteiger partial charge is 0.383 e. The van der Waals surface area contributed by atoms with Gasteiger partial charge in [-0.05, 0) is 25.5 Å². The Morgan fingerprint density at radius 2 is 2.53 bits per heavy atom. The number of amides is 1. The maximum atomic E-state index is 11.7. The van der Waals surface area contributed by atoms with Crippen LogP contribution in [0.15, 0.2) is 18.3 Å². The van der Waals surface area contributed by atoms with Gasteiger partial charge in [-0.2, -0.15) is 0 Å². The molecular weight excluding hydrogens is 216 g/mol. The molecule has 3 N–H and O–H groups in total. The molecule has 2 heterocycles. The van der Waals surface area contributed by atoms with Crippen LogP contribution in [-0.2, 0) is 11.3 Å². The van der Waals surface area contributed by atoms with E-state index >= 15 is 0 Å². The van der Waals surface area contributed by atoms with Crippen molar-refractivity contribution in [2.75, 3.05) is 19.3 Å². The molecule has 0 aromatic carbocycles. The Kier molecular flexibility index (Phi) is 3.58. The molecule has 1 aliphatic heterocycles. The fraction of sp³-hybridized carbons (Fsp3) is 0.500. The first-order valence-corrected chi connectivity index (χ1v) is 5.87. The van der Waals surface area contributed by atoms with Gasteiger partial charge in [-0.15, -0.1) is 0 Å². The highest BCUT2D eigenvalue weighted by Gasteiger charge is 2.30. The fourth-order valence-corrected chi connectivity index (χ4v) is 2.28. The van der Waals surface area contributed by atoms with Crippen LogP contribution in [0.5, 0.6) is 0 Å². The van der Waals surface area contributed by atoms with Crippen LogP contribution in [0.1, 0.15) is 18.4 Å². The summed E-state index contributed by atoms with van der Waals surface area (Å²) >= 11 is 0. The Hall–Kier alpha value is -1.62. The van der Waals surface area contributed by atoms with Crippen LogP contribution in [0, 0.1) is 0 Å². The molecule has 1 aliphatic rings. The molecule has 5 nitrogen and oxygen atoms in total. The van der Waals surface area contributed by atoms with E-state index in [1.165, 1.54) is 0 Å². The van der Waals surface area contributed by atoms with E-state index in [1.807, 2.05) is 12.1 Å². The van der Waals surface area contributed by atoms with E-state index in [2.05, 4.69) is 15.2 Å². The van der Waals surface area contributed by atoms with Crippen molar-refractivity contribution in [2.24, 2.45) is 0 Å². The predicted molar refractivity (Wildman–Crippen MR) is 66.1 cm³/mol. The van der Waals surface area contributed by atoms with Gasteiger partial charge >= 0.3 is 0 Å². The average molecular weight is 234 g/mol. The normalized spacial score (nSPS) is 20.4. The predicted octanol–water partition coefficient (Wildman–Crippen LogP) is 0.374. The van der Waals surface area contributed by atoms with E-state index in [1.54, 1.807) is 13.2 Å². The van der Waals surface area contributed by atoms with Crippen molar-refractivity contribution in [3.8, 4) is 0 Å². The van der Waals surface area contributed by atoms with Gasteiger partial charge in [0.25, 0.3) is 0 Å². The number of carbonyl (C=O) groups excluding carboxylic acids is 1. The second-order valence-corrected chi connectivity index (χ2v) is 4.29. The van der Waals surface area contributed by atoms with Gasteiger partial charge in [-0.25, -0.2) is 4.98 Å². The summed E-state index contributed by atoms with van der Waals surface area (Å²) in [6, 6.07) is 3.80. The van der Waals surface area contributed by atoms with E-state index in [-0.39, 0.29) is 11.9 Å². The van der Waals surface area contributed by atoms with Gasteiger partial charge < -0.3 is 11.1 Å². The highest BCUT2D eigenvalue weighted by Crippen LogP contribution is 2.21. The molecule has 1 saturated heterocycles. The summed E-state index contributed by atoms with van der Waals surface area (Å²) in [5, 5.41) is 2.71. The lowest BCUT2D eigenvalue weighted by atomic mass is 10.2. The average Bonchev–Trinajstić information content (AvgIpc) is 2.79. The lowest BCUT2D eigenvalue weighted by molar-refractivity contribution is -0.125. The second kappa shape index (κ2) is 5.14. The van der Waals surface area contributed by atoms with Gasteiger partial charge in [-0.1, -0.05) is 6.07 Å². The third kappa shape index (κ3) is 2.55. The van der Waals surface area contributed by atoms with Gasteiger partial charge in [-0.3, -0.25) is 9.69 Å². The van der Waals surface area contributed by atoms with Gasteiger partial charge in [0.1, 0.15) is 5.82 Å². The van der Waals surface area contributed by atoms with Crippen molar-refractivity contribution in [1.29, 1.82) is 0 Å². The van der Waals surface area contributed by atoms with E-state index in [4.69, 9.17) is 5.73 Å². The zero-order valence-corrected chi connectivity index (χ0v) is 10.0. The highest BCUT2D eigenvalue weighted by atomic mass is 16.2. The minimum absolute atomic E-state index is 0.0281. The summed E-state index contributed by atoms with van der Waals surface area (Å²) in [5.74, 6) is 0.639. The lowest BCUT2D eigenvalue weighted by Crippen LogP contribution is -2.41. The number of carbonyl (C=O) groups is 1. The molecule has 0 saturated carbocycles. The summed E-state index contributed by atoms with van der Waals surface area (Å²) < 4.78 is 0. The number of aromatic nitrogens is 1. The SMILES string of the molecule is CNC(=O)C1CCCN1Cc1cccnc1N. The van der Waals surface area contributed by atoms with Crippen LogP contribution in [0.2, 0.25) is 0 Å². The molecule has 0 spiro atoms. The zero-order chi connectivity index (χ0) is 12.3. The highest BCUT2D eigenvalue weighted by molar-refractivity contribution is 5.81. The molecule has 1 amide bonds. The Morgan fingerprint density at radius 1 is 1.71 bits per heavy atom. The monoisotopic (exact) mass is 234 g/mol. The number of nitrogens with two attached hydrogens (primary N) is 1. The number of nitrogen functional groups attached to an aromatic ring is 1. The fourth-order valence-electron chi connectivity index (χ4n) is 2.28. The van der Waals surface area contributed by atoms with Crippen molar-refractivity contribution in [2.45, 2.75) is 25.4 Å². The first-order valence-electron chi connectivity index (χ1n) is 5.87. The minimum Gasteiger partial charge on any atom is -0.383 e. The quantitative estimate of drug-likeness (QED) is 0.793. The number of hydrogen-bond acceptors (Lipinski definition) is 4. The number of anilines is 1. The number of likely N-dealkylation sites (N-methyl/N-ethyl adjacent to an activating group) is 1. The lowest BCUT2D eigenvalue weighted by Gasteiger charge is -2.23. The Labute approximate surface area is 101 Å². The third-order valence-corrected chi connectivity index (χ3v) is 3.21. The maximum Gasteiger partial charge on any atom is 0.237 e. The van der Waals surface area contributed by atoms with E-state index in [0.29, 0.717) is 12.4 Å². The summed E-state index contributed by atoms with van der Waals surface area (Å²) in [4.78, 5) is 17.9. The van der Waals surface area contributed by atoms with Crippen LogP contribution < -0.4 is 11.1 Å². The summed E-state index contributed by atoms with van der Waals surface area (Å²) in [5.41, 5.74) is 6.80. The molecular formula is C12H18N4O. The maximum absolute atomic E-state index is 11.7. The van der Waals surface area contributed by atoms with Gasteiger partial charge in [0.2, 0.25) is 5.91 Å². The van der Waals surface area contributed by atoms with Crippen molar-refractivity contribution in [1.82, 2.24) is 15.2 Å². The smallest absolute Gasteiger partial charge is 0.237 e. The first kappa shape index (κ1) is 11.9. The third-order valence-electron chi connectivity index (χ3n) is 3.21. The topological polar surface area (TPSA) is 71.2 Å². The molecule has 1 aromatic rings. The van der Waals surface area contributed by atoms with Crippen molar-refractivity contribution >= 4 is 11.7 Å². The number of rotatable bonds is 3. The first-order chi connectivity index (χ1) is 8.22. The molecule has 1 atom stereocenters. The van der Waals surface area contributed by atoms with Crippen molar-refractivity contribution < 1.29 is 4.79 Å². The van der Waals surface area contributed by atoms with Crippen LogP contribution in [0.25, 0.3) is 0 Å². The number of nitrogens with zero attached hydrogens (tertiary/aromatic N) is 2. The standard InChI is InChI=1S/C12H18N4O/c1-14-12(17)10-5-3-7-16(10)8-9-4-2-6-15-11(9)13/h2,4,6,10H,3,5,7-8H2,1H3,(H2,13,15)(H,14,17). The van der Waals surface area contributed by atoms with E-state index in [0.717, 1.165) is 24.9 Å². The molecule has 1 aromatic heterocycles. The molecule has 2 rings (SSSR count). The Morgan fingerprint density at radius 3 is 3.24 bits per heavy atom. The molecule has 92 valence electrons. The number of nitrogens with one attached hydrogen (secondary N) is 1. The number of pyridine rings is 1. The molecule has 1 fully saturated rings. The Bertz CT molecular complexity index is 407. The van der Waals surface area contributed by atoms with Crippen LogP contribution in [0.3, 0.4) is 0 Å². The van der Waals surface area contributed by atoms with Crippen LogP contribution in [0.4, 0.5) is 5.82 Å². The van der Waals surface area contributed by atoms with E-state index < -0.39 is 0 Å². The minimum atomic E-state index is -0.0281. The van der Waals surface area contributed by atoms with Gasteiger partial charge in [0.05, 0.1) is 6.04 Å². The molecule has 0 aliphatic carbocycles. The van der Waals surface area contributed by atoms with E-state index in [9.17, 15) is 4.79 Å². The Balaban J connectivity index is 2.08. The van der Waals surface area contributed by atoms with Crippen LogP contribution in [-0.4, -0.2) is 35.4 Å².